The third-order valence-electron chi connectivity index (χ3n) is 3.39. The van der Waals surface area contributed by atoms with Gasteiger partial charge in [0.05, 0.1) is 11.6 Å². The normalized spacial score (nSPS) is 12.2. The van der Waals surface area contributed by atoms with E-state index in [1.54, 1.807) is 12.1 Å². The molecule has 0 saturated carbocycles. The van der Waals surface area contributed by atoms with Crippen molar-refractivity contribution >= 4 is 11.9 Å². The first-order chi connectivity index (χ1) is 11.3. The van der Waals surface area contributed by atoms with Crippen LogP contribution in [0, 0.1) is 11.7 Å². The van der Waals surface area contributed by atoms with E-state index in [-0.39, 0.29) is 18.3 Å². The predicted octanol–water partition coefficient (Wildman–Crippen LogP) is 1.98. The molecule has 1 atom stereocenters. The molecule has 8 heteroatoms. The van der Waals surface area contributed by atoms with Crippen LogP contribution in [0.2, 0.25) is 0 Å². The number of amides is 1. The number of benzene rings is 1. The topological polar surface area (TPSA) is 97.1 Å². The molecule has 0 aliphatic rings. The Labute approximate surface area is 138 Å². The van der Waals surface area contributed by atoms with Gasteiger partial charge in [0.1, 0.15) is 11.6 Å². The van der Waals surface area contributed by atoms with Crippen molar-refractivity contribution < 1.29 is 19.1 Å². The average molecular weight is 334 g/mol. The smallest absolute Gasteiger partial charge is 0.308 e. The predicted molar refractivity (Wildman–Crippen MR) is 84.5 cm³/mol. The van der Waals surface area contributed by atoms with E-state index in [2.05, 4.69) is 15.4 Å². The second-order valence-electron chi connectivity index (χ2n) is 5.79. The molecule has 2 aromatic rings. The van der Waals surface area contributed by atoms with Crippen LogP contribution in [0.3, 0.4) is 0 Å². The Morgan fingerprint density at radius 2 is 2.04 bits per heavy atom. The van der Waals surface area contributed by atoms with Crippen LogP contribution in [0.15, 0.2) is 24.3 Å². The maximum Gasteiger partial charge on any atom is 0.308 e. The standard InChI is InChI=1S/C16H19FN4O3/c1-9(2)14-19-13(15(22)18-8-10(3)16(23)24)20-21(14)12-6-4-5-11(17)7-12/h4-7,9-10H,8H2,1-3H3,(H,18,22)(H,23,24). The van der Waals surface area contributed by atoms with Gasteiger partial charge in [-0.2, -0.15) is 0 Å². The molecule has 0 fully saturated rings. The summed E-state index contributed by atoms with van der Waals surface area (Å²) >= 11 is 0. The molecule has 0 aliphatic heterocycles. The zero-order chi connectivity index (χ0) is 17.9. The van der Waals surface area contributed by atoms with Gasteiger partial charge in [-0.05, 0) is 18.2 Å². The van der Waals surface area contributed by atoms with Gasteiger partial charge in [-0.1, -0.05) is 26.8 Å². The van der Waals surface area contributed by atoms with Crippen molar-refractivity contribution in [1.29, 1.82) is 0 Å². The molecule has 0 spiro atoms. The molecular weight excluding hydrogens is 315 g/mol. The average Bonchev–Trinajstić information content (AvgIpc) is 2.97. The van der Waals surface area contributed by atoms with E-state index in [4.69, 9.17) is 5.11 Å². The summed E-state index contributed by atoms with van der Waals surface area (Å²) in [5, 5.41) is 15.5. The monoisotopic (exact) mass is 334 g/mol. The minimum Gasteiger partial charge on any atom is -0.481 e. The number of carboxylic acids is 1. The van der Waals surface area contributed by atoms with E-state index in [1.165, 1.54) is 23.7 Å². The number of hydrogen-bond donors (Lipinski definition) is 2. The molecule has 1 amide bonds. The Morgan fingerprint density at radius 1 is 1.33 bits per heavy atom. The molecule has 2 rings (SSSR count). The molecule has 128 valence electrons. The Kier molecular flexibility index (Phi) is 5.28. The van der Waals surface area contributed by atoms with Crippen LogP contribution >= 0.6 is 0 Å². The highest BCUT2D eigenvalue weighted by Gasteiger charge is 2.21. The lowest BCUT2D eigenvalue weighted by Gasteiger charge is -2.07. The highest BCUT2D eigenvalue weighted by atomic mass is 19.1. The molecule has 0 bridgehead atoms. The molecule has 7 nitrogen and oxygen atoms in total. The largest absolute Gasteiger partial charge is 0.481 e. The van der Waals surface area contributed by atoms with Crippen molar-refractivity contribution in [1.82, 2.24) is 20.1 Å². The quantitative estimate of drug-likeness (QED) is 0.842. The van der Waals surface area contributed by atoms with Gasteiger partial charge in [0.15, 0.2) is 0 Å². The molecule has 1 aromatic carbocycles. The Bertz CT molecular complexity index is 758. The molecule has 0 saturated heterocycles. The molecule has 1 unspecified atom stereocenters. The fourth-order valence-corrected chi connectivity index (χ4v) is 2.00. The lowest BCUT2D eigenvalue weighted by Crippen LogP contribution is -2.32. The van der Waals surface area contributed by atoms with Crippen molar-refractivity contribution in [3.05, 3.63) is 41.7 Å². The van der Waals surface area contributed by atoms with Gasteiger partial charge in [-0.15, -0.1) is 5.10 Å². The molecule has 24 heavy (non-hydrogen) atoms. The number of carbonyl (C=O) groups excluding carboxylic acids is 1. The number of rotatable bonds is 6. The fraction of sp³-hybridized carbons (Fsp3) is 0.375. The summed E-state index contributed by atoms with van der Waals surface area (Å²) in [5.74, 6) is -2.32. The molecular formula is C16H19FN4O3. The second kappa shape index (κ2) is 7.20. The third kappa shape index (κ3) is 3.95. The SMILES string of the molecule is CC(CNC(=O)c1nc(C(C)C)n(-c2cccc(F)c2)n1)C(=O)O. The fourth-order valence-electron chi connectivity index (χ4n) is 2.00. The van der Waals surface area contributed by atoms with E-state index < -0.39 is 23.6 Å². The molecule has 2 N–H and O–H groups in total. The van der Waals surface area contributed by atoms with Crippen molar-refractivity contribution in [3.63, 3.8) is 0 Å². The number of nitrogens with zero attached hydrogens (tertiary/aromatic N) is 3. The van der Waals surface area contributed by atoms with Crippen LogP contribution < -0.4 is 5.32 Å². The Morgan fingerprint density at radius 3 is 2.62 bits per heavy atom. The summed E-state index contributed by atoms with van der Waals surface area (Å²) in [5.41, 5.74) is 0.462. The maximum absolute atomic E-state index is 13.4. The van der Waals surface area contributed by atoms with E-state index >= 15 is 0 Å². The van der Waals surface area contributed by atoms with Crippen LogP contribution in [-0.2, 0) is 4.79 Å². The molecule has 0 aliphatic carbocycles. The summed E-state index contributed by atoms with van der Waals surface area (Å²) in [7, 11) is 0. The van der Waals surface area contributed by atoms with E-state index in [0.717, 1.165) is 0 Å². The van der Waals surface area contributed by atoms with Gasteiger partial charge in [-0.25, -0.2) is 14.1 Å². The highest BCUT2D eigenvalue weighted by molar-refractivity contribution is 5.90. The van der Waals surface area contributed by atoms with Gasteiger partial charge >= 0.3 is 5.97 Å². The molecule has 1 heterocycles. The van der Waals surface area contributed by atoms with Gasteiger partial charge in [0.25, 0.3) is 5.91 Å². The number of carbonyl (C=O) groups is 2. The summed E-state index contributed by atoms with van der Waals surface area (Å²) in [6.45, 7) is 5.22. The number of hydrogen-bond acceptors (Lipinski definition) is 4. The number of aromatic nitrogens is 3. The highest BCUT2D eigenvalue weighted by Crippen LogP contribution is 2.18. The zero-order valence-electron chi connectivity index (χ0n) is 13.7. The van der Waals surface area contributed by atoms with Crippen molar-refractivity contribution in [2.45, 2.75) is 26.7 Å². The van der Waals surface area contributed by atoms with Crippen LogP contribution in [-0.4, -0.2) is 38.3 Å². The van der Waals surface area contributed by atoms with Crippen molar-refractivity contribution in [2.24, 2.45) is 5.92 Å². The minimum absolute atomic E-state index is 0.0281. The lowest BCUT2D eigenvalue weighted by atomic mass is 10.2. The van der Waals surface area contributed by atoms with Crippen LogP contribution in [0.25, 0.3) is 5.69 Å². The van der Waals surface area contributed by atoms with Crippen LogP contribution in [0.4, 0.5) is 4.39 Å². The maximum atomic E-state index is 13.4. The minimum atomic E-state index is -1.00. The first-order valence-corrected chi connectivity index (χ1v) is 7.53. The first-order valence-electron chi connectivity index (χ1n) is 7.53. The van der Waals surface area contributed by atoms with Gasteiger partial charge in [0.2, 0.25) is 5.82 Å². The molecule has 1 aromatic heterocycles. The van der Waals surface area contributed by atoms with E-state index in [9.17, 15) is 14.0 Å². The number of carboxylic acid groups (broad SMARTS) is 1. The van der Waals surface area contributed by atoms with Crippen LogP contribution in [0.5, 0.6) is 0 Å². The lowest BCUT2D eigenvalue weighted by molar-refractivity contribution is -0.140. The summed E-state index contributed by atoms with van der Waals surface area (Å²) in [6.07, 6.45) is 0. The number of aliphatic carboxylic acids is 1. The van der Waals surface area contributed by atoms with E-state index in [1.807, 2.05) is 13.8 Å². The number of halogens is 1. The third-order valence-corrected chi connectivity index (χ3v) is 3.39. The van der Waals surface area contributed by atoms with Crippen LogP contribution in [0.1, 0.15) is 43.1 Å². The first kappa shape index (κ1) is 17.6. The van der Waals surface area contributed by atoms with Gasteiger partial charge < -0.3 is 10.4 Å². The van der Waals surface area contributed by atoms with Gasteiger partial charge in [-0.3, -0.25) is 9.59 Å². The van der Waals surface area contributed by atoms with Crippen molar-refractivity contribution in [2.75, 3.05) is 6.54 Å². The Balaban J connectivity index is 2.28. The van der Waals surface area contributed by atoms with Gasteiger partial charge in [0, 0.05) is 12.5 Å². The summed E-state index contributed by atoms with van der Waals surface area (Å²) in [4.78, 5) is 27.1. The number of nitrogens with one attached hydrogen (secondary N) is 1. The van der Waals surface area contributed by atoms with E-state index in [0.29, 0.717) is 11.5 Å². The second-order valence-corrected chi connectivity index (χ2v) is 5.79. The molecule has 0 radical (unpaired) electrons. The summed E-state index contributed by atoms with van der Waals surface area (Å²) < 4.78 is 14.9. The zero-order valence-corrected chi connectivity index (χ0v) is 13.7. The van der Waals surface area contributed by atoms with Crippen molar-refractivity contribution in [3.8, 4) is 5.69 Å². The summed E-state index contributed by atoms with van der Waals surface area (Å²) in [6, 6.07) is 5.83. The Hall–Kier alpha value is -2.77.